The first-order valence-electron chi connectivity index (χ1n) is 7.83. The maximum Gasteiger partial charge on any atom is 0.191 e. The van der Waals surface area contributed by atoms with Crippen molar-refractivity contribution in [3.63, 3.8) is 0 Å². The van der Waals surface area contributed by atoms with Gasteiger partial charge in [0.1, 0.15) is 0 Å². The first-order valence-corrected chi connectivity index (χ1v) is 8.88. The number of hydrogen-bond donors (Lipinski definition) is 2. The molecule has 1 atom stereocenters. The van der Waals surface area contributed by atoms with Gasteiger partial charge in [-0.2, -0.15) is 11.8 Å². The number of aliphatic imine (C=N–C) groups is 1. The Kier molecular flexibility index (Phi) is 9.36. The van der Waals surface area contributed by atoms with Crippen molar-refractivity contribution in [1.82, 2.24) is 10.6 Å². The van der Waals surface area contributed by atoms with E-state index in [2.05, 4.69) is 27.4 Å². The molecule has 0 aromatic carbocycles. The van der Waals surface area contributed by atoms with Crippen molar-refractivity contribution < 1.29 is 4.74 Å². The molecule has 6 heteroatoms. The first kappa shape index (κ1) is 19.4. The van der Waals surface area contributed by atoms with Gasteiger partial charge in [0.2, 0.25) is 0 Å². The fourth-order valence-corrected chi connectivity index (χ4v) is 4.22. The third-order valence-electron chi connectivity index (χ3n) is 4.63. The summed E-state index contributed by atoms with van der Waals surface area (Å²) in [4.78, 5) is 4.34. The lowest BCUT2D eigenvalue weighted by Crippen LogP contribution is -2.47. The summed E-state index contributed by atoms with van der Waals surface area (Å²) in [6.45, 7) is 2.93. The van der Waals surface area contributed by atoms with E-state index in [1.807, 2.05) is 7.05 Å². The highest BCUT2D eigenvalue weighted by Crippen LogP contribution is 2.43. The van der Waals surface area contributed by atoms with Crippen molar-refractivity contribution in [2.24, 2.45) is 10.4 Å². The molecule has 2 fully saturated rings. The minimum absolute atomic E-state index is 0. The molecular weight excluding hydrogens is 397 g/mol. The fourth-order valence-electron chi connectivity index (χ4n) is 3.02. The summed E-state index contributed by atoms with van der Waals surface area (Å²) in [6.07, 6.45) is 7.86. The second kappa shape index (κ2) is 10.2. The van der Waals surface area contributed by atoms with Crippen molar-refractivity contribution in [2.75, 3.05) is 39.6 Å². The first-order chi connectivity index (χ1) is 9.78. The number of halogens is 1. The van der Waals surface area contributed by atoms with E-state index >= 15 is 0 Å². The van der Waals surface area contributed by atoms with Crippen LogP contribution in [0.2, 0.25) is 0 Å². The van der Waals surface area contributed by atoms with Crippen LogP contribution in [0, 0.1) is 5.41 Å². The topological polar surface area (TPSA) is 45.7 Å². The highest BCUT2D eigenvalue weighted by Gasteiger charge is 2.36. The standard InChI is InChI=1S/C15H29N3OS.HI/c1-16-14(17-11-13-5-3-10-20-13)18-12-15(6-4-7-15)8-9-19-2;/h13H,3-12H2,1-2H3,(H2,16,17,18);1H. The third-order valence-corrected chi connectivity index (χ3v) is 6.02. The van der Waals surface area contributed by atoms with E-state index in [1.165, 1.54) is 37.9 Å². The van der Waals surface area contributed by atoms with Crippen LogP contribution < -0.4 is 10.6 Å². The Bertz CT molecular complexity index is 318. The Balaban J connectivity index is 0.00000220. The van der Waals surface area contributed by atoms with Crippen molar-refractivity contribution in [3.05, 3.63) is 0 Å². The summed E-state index contributed by atoms with van der Waals surface area (Å²) in [5.74, 6) is 2.28. The maximum atomic E-state index is 5.24. The number of ether oxygens (including phenoxy) is 1. The molecule has 2 rings (SSSR count). The zero-order valence-corrected chi connectivity index (χ0v) is 16.5. The van der Waals surface area contributed by atoms with Gasteiger partial charge in [0.15, 0.2) is 5.96 Å². The molecule has 1 aliphatic carbocycles. The lowest BCUT2D eigenvalue weighted by atomic mass is 9.67. The predicted molar refractivity (Wildman–Crippen MR) is 103 cm³/mol. The number of guanidine groups is 1. The number of methoxy groups -OCH3 is 1. The molecule has 0 bridgehead atoms. The number of nitrogens with zero attached hydrogens (tertiary/aromatic N) is 1. The average Bonchev–Trinajstić information content (AvgIpc) is 2.93. The fraction of sp³-hybridized carbons (Fsp3) is 0.933. The van der Waals surface area contributed by atoms with E-state index in [-0.39, 0.29) is 24.0 Å². The Morgan fingerprint density at radius 3 is 2.67 bits per heavy atom. The molecule has 0 aromatic rings. The van der Waals surface area contributed by atoms with Crippen LogP contribution >= 0.6 is 35.7 Å². The summed E-state index contributed by atoms with van der Waals surface area (Å²) >= 11 is 2.08. The molecule has 0 spiro atoms. The van der Waals surface area contributed by atoms with Crippen molar-refractivity contribution in [2.45, 2.75) is 43.8 Å². The van der Waals surface area contributed by atoms with Gasteiger partial charge in [-0.05, 0) is 43.3 Å². The third kappa shape index (κ3) is 6.14. The van der Waals surface area contributed by atoms with E-state index in [1.54, 1.807) is 7.11 Å². The minimum Gasteiger partial charge on any atom is -0.385 e. The van der Waals surface area contributed by atoms with Crippen LogP contribution in [-0.4, -0.2) is 50.8 Å². The summed E-state index contributed by atoms with van der Waals surface area (Å²) in [5.41, 5.74) is 0.440. The summed E-state index contributed by atoms with van der Waals surface area (Å²) in [5, 5.41) is 7.76. The predicted octanol–water partition coefficient (Wildman–Crippen LogP) is 2.87. The van der Waals surface area contributed by atoms with Gasteiger partial charge in [0, 0.05) is 39.1 Å². The molecule has 1 saturated heterocycles. The Morgan fingerprint density at radius 1 is 1.33 bits per heavy atom. The molecule has 0 aromatic heterocycles. The highest BCUT2D eigenvalue weighted by atomic mass is 127. The van der Waals surface area contributed by atoms with Gasteiger partial charge in [0.05, 0.1) is 0 Å². The zero-order valence-electron chi connectivity index (χ0n) is 13.3. The SMILES string of the molecule is CN=C(NCC1CCCS1)NCC1(CCOC)CCC1.I. The van der Waals surface area contributed by atoms with Crippen molar-refractivity contribution >= 4 is 41.7 Å². The van der Waals surface area contributed by atoms with E-state index in [9.17, 15) is 0 Å². The largest absolute Gasteiger partial charge is 0.385 e. The Labute approximate surface area is 150 Å². The molecule has 0 amide bonds. The molecule has 2 aliphatic rings. The quantitative estimate of drug-likeness (QED) is 0.373. The van der Waals surface area contributed by atoms with E-state index in [0.29, 0.717) is 5.41 Å². The van der Waals surface area contributed by atoms with E-state index < -0.39 is 0 Å². The van der Waals surface area contributed by atoms with Crippen molar-refractivity contribution in [3.8, 4) is 0 Å². The number of thioether (sulfide) groups is 1. The van der Waals surface area contributed by atoms with Crippen LogP contribution in [0.1, 0.15) is 38.5 Å². The summed E-state index contributed by atoms with van der Waals surface area (Å²) in [7, 11) is 3.65. The zero-order chi connectivity index (χ0) is 14.3. The van der Waals surface area contributed by atoms with Gasteiger partial charge >= 0.3 is 0 Å². The molecule has 2 N–H and O–H groups in total. The molecule has 1 heterocycles. The summed E-state index contributed by atoms with van der Waals surface area (Å²) < 4.78 is 5.24. The summed E-state index contributed by atoms with van der Waals surface area (Å²) in [6, 6.07) is 0. The second-order valence-corrected chi connectivity index (χ2v) is 7.45. The van der Waals surface area contributed by atoms with Gasteiger partial charge in [-0.1, -0.05) is 6.42 Å². The van der Waals surface area contributed by atoms with Crippen LogP contribution in [0.15, 0.2) is 4.99 Å². The maximum absolute atomic E-state index is 5.24. The van der Waals surface area contributed by atoms with E-state index in [0.717, 1.165) is 37.3 Å². The molecule has 1 saturated carbocycles. The molecule has 0 radical (unpaired) electrons. The molecular formula is C15H30IN3OS. The van der Waals surface area contributed by atoms with Crippen LogP contribution in [0.5, 0.6) is 0 Å². The Morgan fingerprint density at radius 2 is 2.14 bits per heavy atom. The lowest BCUT2D eigenvalue weighted by molar-refractivity contribution is 0.0732. The van der Waals surface area contributed by atoms with Gasteiger partial charge in [-0.3, -0.25) is 4.99 Å². The smallest absolute Gasteiger partial charge is 0.191 e. The van der Waals surface area contributed by atoms with Crippen LogP contribution in [0.25, 0.3) is 0 Å². The molecule has 4 nitrogen and oxygen atoms in total. The number of hydrogen-bond acceptors (Lipinski definition) is 3. The van der Waals surface area contributed by atoms with Gasteiger partial charge in [-0.25, -0.2) is 0 Å². The van der Waals surface area contributed by atoms with Crippen LogP contribution in [-0.2, 0) is 4.74 Å². The molecule has 1 unspecified atom stereocenters. The molecule has 21 heavy (non-hydrogen) atoms. The van der Waals surface area contributed by atoms with Crippen molar-refractivity contribution in [1.29, 1.82) is 0 Å². The highest BCUT2D eigenvalue weighted by molar-refractivity contribution is 14.0. The average molecular weight is 427 g/mol. The number of nitrogens with one attached hydrogen (secondary N) is 2. The minimum atomic E-state index is 0. The van der Waals surface area contributed by atoms with E-state index in [4.69, 9.17) is 4.74 Å². The Hall–Kier alpha value is 0.310. The van der Waals surface area contributed by atoms with Crippen LogP contribution in [0.4, 0.5) is 0 Å². The molecule has 124 valence electrons. The van der Waals surface area contributed by atoms with Gasteiger partial charge < -0.3 is 15.4 Å². The monoisotopic (exact) mass is 427 g/mol. The normalized spacial score (nSPS) is 24.1. The lowest BCUT2D eigenvalue weighted by Gasteiger charge is -2.42. The van der Waals surface area contributed by atoms with Gasteiger partial charge in [-0.15, -0.1) is 24.0 Å². The number of rotatable bonds is 7. The van der Waals surface area contributed by atoms with Gasteiger partial charge in [0.25, 0.3) is 0 Å². The second-order valence-electron chi connectivity index (χ2n) is 6.04. The van der Waals surface area contributed by atoms with Crippen LogP contribution in [0.3, 0.4) is 0 Å². The molecule has 1 aliphatic heterocycles.